The van der Waals surface area contributed by atoms with Gasteiger partial charge in [-0.15, -0.1) is 5.06 Å². The number of piperidine rings is 1. The number of hydrogen-bond donors (Lipinski definition) is 3. The lowest BCUT2D eigenvalue weighted by atomic mass is 9.59. The summed E-state index contributed by atoms with van der Waals surface area (Å²) < 4.78 is 0. The highest BCUT2D eigenvalue weighted by Gasteiger charge is 2.61. The second kappa shape index (κ2) is 11.4. The molecule has 1 spiro atoms. The van der Waals surface area contributed by atoms with Crippen LogP contribution in [0.25, 0.3) is 0 Å². The third kappa shape index (κ3) is 5.00. The topological polar surface area (TPSA) is 99.8 Å². The summed E-state index contributed by atoms with van der Waals surface area (Å²) in [6, 6.07) is 16.8. The van der Waals surface area contributed by atoms with Crippen LogP contribution in [0.1, 0.15) is 48.4 Å². The largest absolute Gasteiger partial charge is 0.406 e. The molecule has 1 unspecified atom stereocenters. The molecule has 3 aliphatic heterocycles. The molecule has 218 valence electrons. The second-order valence-electron chi connectivity index (χ2n) is 10.9. The number of amides is 3. The first-order chi connectivity index (χ1) is 20.2. The van der Waals surface area contributed by atoms with E-state index in [0.717, 1.165) is 5.56 Å². The number of rotatable bonds is 6. The van der Waals surface area contributed by atoms with Crippen molar-refractivity contribution in [3.63, 3.8) is 0 Å². The average Bonchev–Trinajstić information content (AvgIpc) is 3.53. The molecule has 3 aromatic carbocycles. The van der Waals surface area contributed by atoms with Crippen molar-refractivity contribution >= 4 is 58.2 Å². The summed E-state index contributed by atoms with van der Waals surface area (Å²) >= 11 is 19.3. The molecule has 0 bridgehead atoms. The zero-order chi connectivity index (χ0) is 29.6. The first-order valence-electron chi connectivity index (χ1n) is 13.9. The van der Waals surface area contributed by atoms with Gasteiger partial charge in [0, 0.05) is 58.3 Å². The summed E-state index contributed by atoms with van der Waals surface area (Å²) in [6.07, 6.45) is 0.704. The van der Waals surface area contributed by atoms with E-state index in [0.29, 0.717) is 63.7 Å². The van der Waals surface area contributed by atoms with Crippen LogP contribution in [0.2, 0.25) is 15.1 Å². The number of nitrogens with one attached hydrogen (secondary N) is 3. The minimum absolute atomic E-state index is 0.0133. The van der Waals surface area contributed by atoms with Crippen molar-refractivity contribution in [3.8, 4) is 5.75 Å². The predicted molar refractivity (Wildman–Crippen MR) is 162 cm³/mol. The Kier molecular flexibility index (Phi) is 7.83. The molecule has 2 saturated heterocycles. The maximum absolute atomic E-state index is 14.3. The molecule has 3 aliphatic rings. The Hall–Kier alpha value is -3.30. The fourth-order valence-electron chi connectivity index (χ4n) is 6.58. The van der Waals surface area contributed by atoms with E-state index >= 15 is 0 Å². The molecule has 3 N–H and O–H groups in total. The van der Waals surface area contributed by atoms with Gasteiger partial charge < -0.3 is 20.8 Å². The fraction of sp³-hybridized carbons (Fsp3) is 0.323. The SMILES string of the molecule is CCNC(=O)C1CCN(Oc2ccc(Cl)cc2[C@H]2NC(=O)C[C@@H](c3cccc(Cl)c3)[C@]23C(=O)Nc2cc(Cl)ccc23)C1. The monoisotopic (exact) mass is 626 g/mol. The third-order valence-corrected chi connectivity index (χ3v) is 9.09. The van der Waals surface area contributed by atoms with Gasteiger partial charge in [0.25, 0.3) is 0 Å². The van der Waals surface area contributed by atoms with Crippen LogP contribution in [0.5, 0.6) is 5.75 Å². The molecular weight excluding hydrogens is 599 g/mol. The van der Waals surface area contributed by atoms with E-state index in [9.17, 15) is 14.4 Å². The van der Waals surface area contributed by atoms with Crippen LogP contribution in [0.15, 0.2) is 60.7 Å². The zero-order valence-corrected chi connectivity index (χ0v) is 25.0. The summed E-state index contributed by atoms with van der Waals surface area (Å²) in [7, 11) is 0. The number of benzene rings is 3. The van der Waals surface area contributed by atoms with Crippen molar-refractivity contribution in [3.05, 3.63) is 92.4 Å². The maximum atomic E-state index is 14.3. The van der Waals surface area contributed by atoms with Crippen molar-refractivity contribution < 1.29 is 19.2 Å². The third-order valence-electron chi connectivity index (χ3n) is 8.39. The summed E-state index contributed by atoms with van der Waals surface area (Å²) in [4.78, 5) is 46.6. The van der Waals surface area contributed by atoms with Gasteiger partial charge in [-0.3, -0.25) is 14.4 Å². The molecule has 42 heavy (non-hydrogen) atoms. The molecule has 3 aromatic rings. The Bertz CT molecular complexity index is 1580. The first kappa shape index (κ1) is 28.8. The van der Waals surface area contributed by atoms with E-state index in [4.69, 9.17) is 39.6 Å². The van der Waals surface area contributed by atoms with Crippen molar-refractivity contribution in [2.24, 2.45) is 5.92 Å². The lowest BCUT2D eigenvalue weighted by Crippen LogP contribution is -2.57. The van der Waals surface area contributed by atoms with E-state index in [1.165, 1.54) is 0 Å². The summed E-state index contributed by atoms with van der Waals surface area (Å²) in [6.45, 7) is 3.39. The van der Waals surface area contributed by atoms with Crippen molar-refractivity contribution in [2.45, 2.75) is 37.1 Å². The van der Waals surface area contributed by atoms with Gasteiger partial charge in [0.15, 0.2) is 5.75 Å². The summed E-state index contributed by atoms with van der Waals surface area (Å²) in [5.74, 6) is -0.861. The Morgan fingerprint density at radius 3 is 2.60 bits per heavy atom. The van der Waals surface area contributed by atoms with E-state index in [1.807, 2.05) is 25.1 Å². The van der Waals surface area contributed by atoms with Crippen LogP contribution in [0.3, 0.4) is 0 Å². The summed E-state index contributed by atoms with van der Waals surface area (Å²) in [5.41, 5.74) is 1.30. The van der Waals surface area contributed by atoms with E-state index in [2.05, 4.69) is 16.0 Å². The van der Waals surface area contributed by atoms with Crippen LogP contribution in [0.4, 0.5) is 5.69 Å². The Balaban J connectivity index is 1.48. The van der Waals surface area contributed by atoms with Crippen molar-refractivity contribution in [1.29, 1.82) is 0 Å². The molecule has 0 saturated carbocycles. The molecule has 6 rings (SSSR count). The van der Waals surface area contributed by atoms with E-state index in [1.54, 1.807) is 47.5 Å². The smallest absolute Gasteiger partial charge is 0.238 e. The fourth-order valence-corrected chi connectivity index (χ4v) is 7.13. The van der Waals surface area contributed by atoms with Crippen LogP contribution >= 0.6 is 34.8 Å². The van der Waals surface area contributed by atoms with Gasteiger partial charge in [0.05, 0.1) is 12.0 Å². The minimum Gasteiger partial charge on any atom is -0.406 e. The molecule has 3 heterocycles. The maximum Gasteiger partial charge on any atom is 0.238 e. The summed E-state index contributed by atoms with van der Waals surface area (Å²) in [5, 5.41) is 12.2. The number of fused-ring (bicyclic) bond motifs is 2. The lowest BCUT2D eigenvalue weighted by Gasteiger charge is -2.46. The van der Waals surface area contributed by atoms with Crippen molar-refractivity contribution in [2.75, 3.05) is 25.0 Å². The molecule has 0 aromatic heterocycles. The van der Waals surface area contributed by atoms with E-state index < -0.39 is 17.4 Å². The number of anilines is 1. The highest BCUT2D eigenvalue weighted by atomic mass is 35.5. The average molecular weight is 628 g/mol. The number of nitrogens with zero attached hydrogens (tertiary/aromatic N) is 1. The molecule has 11 heteroatoms. The number of halogens is 3. The normalized spacial score (nSPS) is 25.2. The standard InChI is InChI=1S/C31H29Cl3N4O4/c1-2-35-29(40)18-10-11-38(16-18)42-26-9-7-20(33)13-22(26)28-31(23-8-6-21(34)14-25(23)36-30(31)41)24(15-27(39)37-28)17-4-3-5-19(32)12-17/h3-9,12-14,18,24,28H,2,10-11,15-16H2,1H3,(H,35,40)(H,36,41)(H,37,39)/t18?,24-,28+,31-/m0/s1. The highest BCUT2D eigenvalue weighted by molar-refractivity contribution is 6.31. The van der Waals surface area contributed by atoms with Gasteiger partial charge in [-0.2, -0.15) is 0 Å². The van der Waals surface area contributed by atoms with Gasteiger partial charge in [0.2, 0.25) is 17.7 Å². The Morgan fingerprint density at radius 1 is 1.05 bits per heavy atom. The molecule has 2 fully saturated rings. The van der Waals surface area contributed by atoms with Crippen LogP contribution < -0.4 is 20.8 Å². The Morgan fingerprint density at radius 2 is 1.81 bits per heavy atom. The number of hydrogen-bond acceptors (Lipinski definition) is 5. The van der Waals surface area contributed by atoms with Crippen molar-refractivity contribution in [1.82, 2.24) is 15.7 Å². The van der Waals surface area contributed by atoms with Gasteiger partial charge in [-0.25, -0.2) is 0 Å². The molecule has 0 radical (unpaired) electrons. The zero-order valence-electron chi connectivity index (χ0n) is 22.8. The van der Waals surface area contributed by atoms with Gasteiger partial charge in [-0.1, -0.05) is 53.0 Å². The predicted octanol–water partition coefficient (Wildman–Crippen LogP) is 5.63. The molecular formula is C31H29Cl3N4O4. The van der Waals surface area contributed by atoms with Gasteiger partial charge in [0.1, 0.15) is 5.41 Å². The van der Waals surface area contributed by atoms with Gasteiger partial charge >= 0.3 is 0 Å². The van der Waals surface area contributed by atoms with Crippen LogP contribution in [-0.4, -0.2) is 42.4 Å². The van der Waals surface area contributed by atoms with E-state index in [-0.39, 0.29) is 30.1 Å². The molecule has 3 amide bonds. The number of carbonyl (C=O) groups is 3. The quantitative estimate of drug-likeness (QED) is 0.329. The van der Waals surface area contributed by atoms with Crippen LogP contribution in [-0.2, 0) is 19.8 Å². The number of carbonyl (C=O) groups excluding carboxylic acids is 3. The Labute approximate surface area is 258 Å². The first-order valence-corrected chi connectivity index (χ1v) is 15.0. The molecule has 4 atom stereocenters. The molecule has 0 aliphatic carbocycles. The lowest BCUT2D eigenvalue weighted by molar-refractivity contribution is -0.131. The number of hydroxylamine groups is 2. The highest BCUT2D eigenvalue weighted by Crippen LogP contribution is 2.58. The second-order valence-corrected chi connectivity index (χ2v) is 12.2. The minimum atomic E-state index is -1.28. The molecule has 8 nitrogen and oxygen atoms in total. The van der Waals surface area contributed by atoms with Gasteiger partial charge in [-0.05, 0) is 66.9 Å². The van der Waals surface area contributed by atoms with Crippen LogP contribution in [0, 0.1) is 5.92 Å².